The van der Waals surface area contributed by atoms with E-state index >= 15 is 0 Å². The van der Waals surface area contributed by atoms with Crippen molar-refractivity contribution in [1.29, 1.82) is 0 Å². The molecule has 3 N–H and O–H groups in total. The minimum Gasteiger partial charge on any atom is -0.324 e. The highest BCUT2D eigenvalue weighted by molar-refractivity contribution is 6.30. The van der Waals surface area contributed by atoms with Gasteiger partial charge in [0.05, 0.1) is 23.6 Å². The van der Waals surface area contributed by atoms with Gasteiger partial charge in [0.1, 0.15) is 5.65 Å². The van der Waals surface area contributed by atoms with E-state index < -0.39 is 0 Å². The summed E-state index contributed by atoms with van der Waals surface area (Å²) in [5.74, 6) is -0.222. The lowest BCUT2D eigenvalue weighted by atomic mass is 10.1. The number of fused-ring (bicyclic) bond motifs is 1. The first-order valence-corrected chi connectivity index (χ1v) is 7.77. The second kappa shape index (κ2) is 6.40. The van der Waals surface area contributed by atoms with Crippen molar-refractivity contribution in [2.45, 2.75) is 13.3 Å². The van der Waals surface area contributed by atoms with Crippen molar-refractivity contribution in [3.05, 3.63) is 53.3 Å². The standard InChI is InChI=1S/C17H17ClN4O/c1-2-14-17(11-3-5-12(18)6-4-11)21-15-8-7-13(10-22(14)15)20-16(23)9-19/h3-8,10H,2,9,19H2,1H3,(H,20,23). The molecule has 2 aromatic heterocycles. The summed E-state index contributed by atoms with van der Waals surface area (Å²) in [6.07, 6.45) is 2.68. The van der Waals surface area contributed by atoms with Crippen LogP contribution in [0.4, 0.5) is 5.69 Å². The summed E-state index contributed by atoms with van der Waals surface area (Å²) in [6.45, 7) is 2.03. The van der Waals surface area contributed by atoms with Crippen molar-refractivity contribution < 1.29 is 4.79 Å². The summed E-state index contributed by atoms with van der Waals surface area (Å²) < 4.78 is 2.00. The van der Waals surface area contributed by atoms with Crippen LogP contribution >= 0.6 is 11.6 Å². The van der Waals surface area contributed by atoms with Gasteiger partial charge in [-0.05, 0) is 30.7 Å². The molecule has 0 saturated carbocycles. The Morgan fingerprint density at radius 2 is 2.00 bits per heavy atom. The van der Waals surface area contributed by atoms with Gasteiger partial charge in [0.25, 0.3) is 0 Å². The molecule has 0 unspecified atom stereocenters. The zero-order chi connectivity index (χ0) is 16.4. The molecule has 23 heavy (non-hydrogen) atoms. The molecule has 3 aromatic rings. The first-order chi connectivity index (χ1) is 11.1. The van der Waals surface area contributed by atoms with Crippen LogP contribution in [-0.2, 0) is 11.2 Å². The molecule has 1 amide bonds. The zero-order valence-electron chi connectivity index (χ0n) is 12.7. The van der Waals surface area contributed by atoms with E-state index in [1.807, 2.05) is 47.0 Å². The smallest absolute Gasteiger partial charge is 0.238 e. The number of nitrogens with zero attached hydrogens (tertiary/aromatic N) is 2. The largest absolute Gasteiger partial charge is 0.324 e. The fourth-order valence-electron chi connectivity index (χ4n) is 2.56. The van der Waals surface area contributed by atoms with Crippen molar-refractivity contribution in [3.8, 4) is 11.3 Å². The van der Waals surface area contributed by atoms with Crippen LogP contribution in [0.3, 0.4) is 0 Å². The number of carbonyl (C=O) groups is 1. The van der Waals surface area contributed by atoms with Gasteiger partial charge in [-0.1, -0.05) is 30.7 Å². The van der Waals surface area contributed by atoms with Crippen LogP contribution in [-0.4, -0.2) is 21.8 Å². The zero-order valence-corrected chi connectivity index (χ0v) is 13.5. The molecule has 0 spiro atoms. The molecule has 0 aliphatic carbocycles. The molecule has 3 rings (SSSR count). The molecule has 0 aliphatic rings. The van der Waals surface area contributed by atoms with E-state index in [2.05, 4.69) is 12.2 Å². The average molecular weight is 329 g/mol. The Balaban J connectivity index is 2.09. The van der Waals surface area contributed by atoms with Gasteiger partial charge < -0.3 is 15.5 Å². The number of amides is 1. The van der Waals surface area contributed by atoms with E-state index in [0.717, 1.165) is 29.0 Å². The van der Waals surface area contributed by atoms with E-state index in [-0.39, 0.29) is 12.5 Å². The van der Waals surface area contributed by atoms with Crippen molar-refractivity contribution in [2.75, 3.05) is 11.9 Å². The summed E-state index contributed by atoms with van der Waals surface area (Å²) in [7, 11) is 0. The SMILES string of the molecule is CCc1c(-c2ccc(Cl)cc2)nc2ccc(NC(=O)CN)cn12. The van der Waals surface area contributed by atoms with Crippen molar-refractivity contribution in [2.24, 2.45) is 5.73 Å². The number of rotatable bonds is 4. The lowest BCUT2D eigenvalue weighted by Crippen LogP contribution is -2.21. The second-order valence-electron chi connectivity index (χ2n) is 5.17. The summed E-state index contributed by atoms with van der Waals surface area (Å²) in [5, 5.41) is 3.46. The summed E-state index contributed by atoms with van der Waals surface area (Å²) in [4.78, 5) is 16.2. The Hall–Kier alpha value is -2.37. The molecule has 2 heterocycles. The van der Waals surface area contributed by atoms with Gasteiger partial charge in [0.2, 0.25) is 5.91 Å². The van der Waals surface area contributed by atoms with Crippen LogP contribution in [0.25, 0.3) is 16.9 Å². The van der Waals surface area contributed by atoms with Gasteiger partial charge in [-0.25, -0.2) is 4.98 Å². The van der Waals surface area contributed by atoms with Gasteiger partial charge in [-0.2, -0.15) is 0 Å². The lowest BCUT2D eigenvalue weighted by molar-refractivity contribution is -0.114. The van der Waals surface area contributed by atoms with Crippen LogP contribution in [0.15, 0.2) is 42.6 Å². The molecule has 0 bridgehead atoms. The predicted octanol–water partition coefficient (Wildman–Crippen LogP) is 3.11. The van der Waals surface area contributed by atoms with Gasteiger partial charge in [-0.3, -0.25) is 4.79 Å². The number of pyridine rings is 1. The van der Waals surface area contributed by atoms with Crippen LogP contribution < -0.4 is 11.1 Å². The Kier molecular flexibility index (Phi) is 4.32. The molecule has 118 valence electrons. The second-order valence-corrected chi connectivity index (χ2v) is 5.60. The maximum atomic E-state index is 11.5. The number of aromatic nitrogens is 2. The van der Waals surface area contributed by atoms with Crippen molar-refractivity contribution in [1.82, 2.24) is 9.38 Å². The van der Waals surface area contributed by atoms with Crippen molar-refractivity contribution in [3.63, 3.8) is 0 Å². The van der Waals surface area contributed by atoms with Crippen LogP contribution in [0.1, 0.15) is 12.6 Å². The maximum absolute atomic E-state index is 11.5. The Morgan fingerprint density at radius 3 is 2.65 bits per heavy atom. The molecule has 6 heteroatoms. The fourth-order valence-corrected chi connectivity index (χ4v) is 2.68. The number of hydrogen-bond donors (Lipinski definition) is 2. The lowest BCUT2D eigenvalue weighted by Gasteiger charge is -2.06. The Labute approximate surface area is 139 Å². The van der Waals surface area contributed by atoms with Gasteiger partial charge in [0, 0.05) is 16.8 Å². The number of nitrogens with one attached hydrogen (secondary N) is 1. The first-order valence-electron chi connectivity index (χ1n) is 7.39. The highest BCUT2D eigenvalue weighted by Crippen LogP contribution is 2.27. The number of aryl methyl sites for hydroxylation is 1. The van der Waals surface area contributed by atoms with E-state index in [1.165, 1.54) is 0 Å². The molecule has 1 aromatic carbocycles. The van der Waals surface area contributed by atoms with Crippen LogP contribution in [0.2, 0.25) is 5.02 Å². The number of halogens is 1. The summed E-state index contributed by atoms with van der Waals surface area (Å²) in [5.41, 5.74) is 9.88. The number of hydrogen-bond acceptors (Lipinski definition) is 3. The molecular weight excluding hydrogens is 312 g/mol. The molecule has 0 fully saturated rings. The molecule has 0 atom stereocenters. The molecule has 5 nitrogen and oxygen atoms in total. The van der Waals surface area contributed by atoms with Crippen LogP contribution in [0.5, 0.6) is 0 Å². The van der Waals surface area contributed by atoms with Crippen LogP contribution in [0, 0.1) is 0 Å². The Morgan fingerprint density at radius 1 is 1.26 bits per heavy atom. The number of benzene rings is 1. The molecule has 0 aliphatic heterocycles. The number of anilines is 1. The maximum Gasteiger partial charge on any atom is 0.238 e. The third-order valence-corrected chi connectivity index (χ3v) is 3.89. The Bertz CT molecular complexity index is 855. The van der Waals surface area contributed by atoms with Gasteiger partial charge >= 0.3 is 0 Å². The minimum absolute atomic E-state index is 0.0430. The number of carbonyl (C=O) groups excluding carboxylic acids is 1. The van der Waals surface area contributed by atoms with E-state index in [1.54, 1.807) is 0 Å². The topological polar surface area (TPSA) is 72.4 Å². The monoisotopic (exact) mass is 328 g/mol. The van der Waals surface area contributed by atoms with E-state index in [4.69, 9.17) is 22.3 Å². The summed E-state index contributed by atoms with van der Waals surface area (Å²) in [6, 6.07) is 11.3. The first kappa shape index (κ1) is 15.5. The van der Waals surface area contributed by atoms with E-state index in [9.17, 15) is 4.79 Å². The quantitative estimate of drug-likeness (QED) is 0.773. The summed E-state index contributed by atoms with van der Waals surface area (Å²) >= 11 is 5.96. The average Bonchev–Trinajstić information content (AvgIpc) is 2.93. The van der Waals surface area contributed by atoms with Gasteiger partial charge in [0.15, 0.2) is 0 Å². The molecule has 0 saturated heterocycles. The highest BCUT2D eigenvalue weighted by Gasteiger charge is 2.13. The third kappa shape index (κ3) is 3.06. The number of imidazole rings is 1. The van der Waals surface area contributed by atoms with E-state index in [0.29, 0.717) is 10.7 Å². The molecule has 0 radical (unpaired) electrons. The third-order valence-electron chi connectivity index (χ3n) is 3.64. The van der Waals surface area contributed by atoms with Gasteiger partial charge in [-0.15, -0.1) is 0 Å². The predicted molar refractivity (Wildman–Crippen MR) is 92.7 cm³/mol. The molecular formula is C17H17ClN4O. The number of nitrogens with two attached hydrogens (primary N) is 1. The fraction of sp³-hybridized carbons (Fsp3) is 0.176. The van der Waals surface area contributed by atoms with Crippen molar-refractivity contribution >= 4 is 28.8 Å². The minimum atomic E-state index is -0.222. The highest BCUT2D eigenvalue weighted by atomic mass is 35.5. The normalized spacial score (nSPS) is 10.9.